The molecular weight excluding hydrogens is 332 g/mol. The minimum absolute atomic E-state index is 0.103. The van der Waals surface area contributed by atoms with Crippen LogP contribution in [0.25, 0.3) is 6.08 Å². The van der Waals surface area contributed by atoms with E-state index in [0.29, 0.717) is 28.9 Å². The van der Waals surface area contributed by atoms with Crippen LogP contribution in [0.2, 0.25) is 0 Å². The summed E-state index contributed by atoms with van der Waals surface area (Å²) in [6.07, 6.45) is 4.28. The highest BCUT2D eigenvalue weighted by Gasteiger charge is 2.37. The molecule has 0 saturated carbocycles. The zero-order valence-corrected chi connectivity index (χ0v) is 15.3. The zero-order valence-electron chi connectivity index (χ0n) is 15.3. The van der Waals surface area contributed by atoms with Crippen molar-refractivity contribution in [3.8, 4) is 17.2 Å². The second kappa shape index (κ2) is 6.75. The van der Waals surface area contributed by atoms with Crippen molar-refractivity contribution in [2.75, 3.05) is 7.11 Å². The first-order chi connectivity index (χ1) is 12.3. The topological polar surface area (TPSA) is 65.0 Å². The molecule has 1 heterocycles. The highest BCUT2D eigenvalue weighted by atomic mass is 16.7. The molecule has 0 spiro atoms. The average Bonchev–Trinajstić information content (AvgIpc) is 2.56. The number of carbonyl (C=O) groups excluding carboxylic acids is 1. The van der Waals surface area contributed by atoms with Crippen LogP contribution in [0.1, 0.15) is 40.9 Å². The number of aryl methyl sites for hydroxylation is 1. The summed E-state index contributed by atoms with van der Waals surface area (Å²) in [4.78, 5) is 12.3. The van der Waals surface area contributed by atoms with Gasteiger partial charge in [0.25, 0.3) is 0 Å². The maximum absolute atomic E-state index is 12.3. The molecule has 3 rings (SSSR count). The Morgan fingerprint density at radius 2 is 1.88 bits per heavy atom. The summed E-state index contributed by atoms with van der Waals surface area (Å²) in [5.74, 6) is -0.219. The monoisotopic (exact) mass is 354 g/mol. The van der Waals surface area contributed by atoms with Gasteiger partial charge in [-0.1, -0.05) is 24.3 Å². The van der Waals surface area contributed by atoms with Gasteiger partial charge < -0.3 is 19.3 Å². The van der Waals surface area contributed by atoms with E-state index in [0.717, 1.165) is 11.3 Å². The first-order valence-electron chi connectivity index (χ1n) is 8.39. The zero-order chi connectivity index (χ0) is 18.9. The molecule has 1 N–H and O–H groups in total. The van der Waals surface area contributed by atoms with Gasteiger partial charge in [0.2, 0.25) is 5.79 Å². The average molecular weight is 354 g/mol. The smallest absolute Gasteiger partial charge is 0.345 e. The van der Waals surface area contributed by atoms with Crippen molar-refractivity contribution in [3.05, 3.63) is 58.7 Å². The summed E-state index contributed by atoms with van der Waals surface area (Å²) in [6.45, 7) is 5.09. The number of benzene rings is 2. The Morgan fingerprint density at radius 3 is 2.54 bits per heavy atom. The van der Waals surface area contributed by atoms with Gasteiger partial charge >= 0.3 is 5.97 Å². The minimum Gasteiger partial charge on any atom is -0.508 e. The minimum atomic E-state index is -1.07. The predicted molar refractivity (Wildman–Crippen MR) is 98.7 cm³/mol. The molecule has 2 aromatic rings. The molecule has 1 aliphatic heterocycles. The third-order valence-corrected chi connectivity index (χ3v) is 4.20. The Hall–Kier alpha value is -2.95. The van der Waals surface area contributed by atoms with Crippen molar-refractivity contribution >= 4 is 12.0 Å². The molecular formula is C21H22O5. The van der Waals surface area contributed by atoms with E-state index >= 15 is 0 Å². The molecule has 0 atom stereocenters. The summed E-state index contributed by atoms with van der Waals surface area (Å²) in [7, 11) is 1.63. The van der Waals surface area contributed by atoms with Gasteiger partial charge in [-0.25, -0.2) is 4.79 Å². The second-order valence-corrected chi connectivity index (χ2v) is 6.67. The molecule has 5 heteroatoms. The van der Waals surface area contributed by atoms with Crippen LogP contribution in [0.4, 0.5) is 0 Å². The highest BCUT2D eigenvalue weighted by Crippen LogP contribution is 2.41. The van der Waals surface area contributed by atoms with Gasteiger partial charge in [0.15, 0.2) is 0 Å². The summed E-state index contributed by atoms with van der Waals surface area (Å²) in [6, 6.07) is 9.21. The van der Waals surface area contributed by atoms with Crippen LogP contribution in [0.3, 0.4) is 0 Å². The van der Waals surface area contributed by atoms with Gasteiger partial charge in [-0.2, -0.15) is 0 Å². The number of ether oxygens (including phenoxy) is 3. The Labute approximate surface area is 152 Å². The van der Waals surface area contributed by atoms with E-state index in [1.807, 2.05) is 36.4 Å². The molecule has 136 valence electrons. The number of aromatic hydroxyl groups is 1. The molecule has 0 amide bonds. The SMILES string of the molecule is COc1ccc(/C=C/Cc2c(O)cc(C)c3c2OC(C)(C)OC3=O)cc1. The summed E-state index contributed by atoms with van der Waals surface area (Å²) >= 11 is 0. The van der Waals surface area contributed by atoms with E-state index < -0.39 is 11.8 Å². The lowest BCUT2D eigenvalue weighted by Gasteiger charge is -2.33. The Balaban J connectivity index is 1.91. The van der Waals surface area contributed by atoms with Crippen molar-refractivity contribution in [3.63, 3.8) is 0 Å². The first kappa shape index (κ1) is 17.9. The van der Waals surface area contributed by atoms with Gasteiger partial charge in [0, 0.05) is 19.4 Å². The molecule has 0 saturated heterocycles. The number of phenols is 1. The van der Waals surface area contributed by atoms with E-state index in [1.165, 1.54) is 0 Å². The van der Waals surface area contributed by atoms with Gasteiger partial charge in [-0.3, -0.25) is 0 Å². The van der Waals surface area contributed by atoms with E-state index in [2.05, 4.69) is 0 Å². The lowest BCUT2D eigenvalue weighted by atomic mass is 9.98. The van der Waals surface area contributed by atoms with Gasteiger partial charge in [-0.05, 0) is 42.7 Å². The third-order valence-electron chi connectivity index (χ3n) is 4.20. The van der Waals surface area contributed by atoms with Crippen LogP contribution in [0, 0.1) is 6.92 Å². The van der Waals surface area contributed by atoms with Crippen LogP contribution >= 0.6 is 0 Å². The maximum Gasteiger partial charge on any atom is 0.345 e. The molecule has 1 aliphatic rings. The van der Waals surface area contributed by atoms with Crippen LogP contribution in [-0.4, -0.2) is 24.0 Å². The number of cyclic esters (lactones) is 1. The summed E-state index contributed by atoms with van der Waals surface area (Å²) < 4.78 is 16.3. The number of rotatable bonds is 4. The predicted octanol–water partition coefficient (Wildman–Crippen LogP) is 4.25. The number of hydrogen-bond donors (Lipinski definition) is 1. The van der Waals surface area contributed by atoms with E-state index in [1.54, 1.807) is 33.9 Å². The van der Waals surface area contributed by atoms with Crippen LogP contribution in [0.5, 0.6) is 17.2 Å². The molecule has 0 unspecified atom stereocenters. The molecule has 26 heavy (non-hydrogen) atoms. The van der Waals surface area contributed by atoms with Crippen LogP contribution in [-0.2, 0) is 11.2 Å². The number of carbonyl (C=O) groups is 1. The largest absolute Gasteiger partial charge is 0.508 e. The lowest BCUT2D eigenvalue weighted by molar-refractivity contribution is -0.127. The van der Waals surface area contributed by atoms with Gasteiger partial charge in [0.1, 0.15) is 22.8 Å². The fourth-order valence-corrected chi connectivity index (χ4v) is 2.94. The van der Waals surface area contributed by atoms with Crippen molar-refractivity contribution in [1.29, 1.82) is 0 Å². The molecule has 2 aromatic carbocycles. The van der Waals surface area contributed by atoms with Crippen LogP contribution < -0.4 is 9.47 Å². The van der Waals surface area contributed by atoms with E-state index in [9.17, 15) is 9.90 Å². The lowest BCUT2D eigenvalue weighted by Crippen LogP contribution is -2.39. The van der Waals surface area contributed by atoms with Gasteiger partial charge in [0.05, 0.1) is 7.11 Å². The van der Waals surface area contributed by atoms with Crippen molar-refractivity contribution in [1.82, 2.24) is 0 Å². The van der Waals surface area contributed by atoms with E-state index in [4.69, 9.17) is 14.2 Å². The normalized spacial score (nSPS) is 15.3. The maximum atomic E-state index is 12.3. The fourth-order valence-electron chi connectivity index (χ4n) is 2.94. The molecule has 0 aromatic heterocycles. The number of fused-ring (bicyclic) bond motifs is 1. The summed E-state index contributed by atoms with van der Waals surface area (Å²) in [5.41, 5.74) is 2.57. The highest BCUT2D eigenvalue weighted by molar-refractivity contribution is 5.96. The Morgan fingerprint density at radius 1 is 1.19 bits per heavy atom. The second-order valence-electron chi connectivity index (χ2n) is 6.67. The standard InChI is InChI=1S/C21H22O5/c1-13-12-17(22)16(19-18(13)20(23)26-21(2,3)25-19)7-5-6-14-8-10-15(24-4)11-9-14/h5-6,8-12,22H,7H2,1-4H3/b6-5+. The summed E-state index contributed by atoms with van der Waals surface area (Å²) in [5, 5.41) is 10.4. The van der Waals surface area contributed by atoms with Gasteiger partial charge in [-0.15, -0.1) is 0 Å². The quantitative estimate of drug-likeness (QED) is 0.832. The Bertz CT molecular complexity index is 863. The number of methoxy groups -OCH3 is 1. The van der Waals surface area contributed by atoms with E-state index in [-0.39, 0.29) is 5.75 Å². The fraction of sp³-hybridized carbons (Fsp3) is 0.286. The molecule has 0 radical (unpaired) electrons. The molecule has 0 aliphatic carbocycles. The first-order valence-corrected chi connectivity index (χ1v) is 8.39. The molecule has 0 fully saturated rings. The van der Waals surface area contributed by atoms with Crippen molar-refractivity contribution in [2.24, 2.45) is 0 Å². The molecule has 5 nitrogen and oxygen atoms in total. The van der Waals surface area contributed by atoms with Crippen molar-refractivity contribution < 1.29 is 24.1 Å². The number of phenolic OH excluding ortho intramolecular Hbond substituents is 1. The van der Waals surface area contributed by atoms with Crippen molar-refractivity contribution in [2.45, 2.75) is 33.0 Å². The third kappa shape index (κ3) is 3.52. The Kier molecular flexibility index (Phi) is 4.64. The number of hydrogen-bond acceptors (Lipinski definition) is 5. The number of allylic oxidation sites excluding steroid dienone is 1. The van der Waals surface area contributed by atoms with Crippen LogP contribution in [0.15, 0.2) is 36.4 Å². The molecule has 0 bridgehead atoms. The number of esters is 1.